The van der Waals surface area contributed by atoms with E-state index in [9.17, 15) is 0 Å². The van der Waals surface area contributed by atoms with Crippen LogP contribution in [0.25, 0.3) is 0 Å². The summed E-state index contributed by atoms with van der Waals surface area (Å²) >= 11 is 0. The second-order valence-corrected chi connectivity index (χ2v) is 9.54. The number of nitrogens with one attached hydrogen (secondary N) is 2. The Balaban J connectivity index is 2.20. The molecule has 2 aliphatic carbocycles. The first kappa shape index (κ1) is 22.6. The van der Waals surface area contributed by atoms with E-state index in [4.69, 9.17) is 0 Å². The molecule has 0 heterocycles. The second kappa shape index (κ2) is 10.2. The molecular weight excluding hydrogens is 340 g/mol. The summed E-state index contributed by atoms with van der Waals surface area (Å²) in [7, 11) is 0. The molecule has 0 bridgehead atoms. The van der Waals surface area contributed by atoms with E-state index in [0.717, 1.165) is 6.42 Å². The molecule has 1 unspecified atom stereocenters. The minimum absolute atomic E-state index is 0.533. The lowest BCUT2D eigenvalue weighted by molar-refractivity contribution is 0.420. The van der Waals surface area contributed by atoms with Crippen LogP contribution in [-0.2, 0) is 0 Å². The summed E-state index contributed by atoms with van der Waals surface area (Å²) in [6, 6.07) is 0. The highest BCUT2D eigenvalue weighted by Gasteiger charge is 2.24. The predicted octanol–water partition coefficient (Wildman–Crippen LogP) is 7.07. The van der Waals surface area contributed by atoms with Gasteiger partial charge in [-0.15, -0.1) is 0 Å². The van der Waals surface area contributed by atoms with Crippen molar-refractivity contribution >= 4 is 0 Å². The first-order valence-corrected chi connectivity index (χ1v) is 11.3. The van der Waals surface area contributed by atoms with Crippen LogP contribution < -0.4 is 10.6 Å². The van der Waals surface area contributed by atoms with Crippen LogP contribution in [0, 0.1) is 29.6 Å². The fourth-order valence-corrected chi connectivity index (χ4v) is 4.39. The predicted molar refractivity (Wildman–Crippen MR) is 123 cm³/mol. The summed E-state index contributed by atoms with van der Waals surface area (Å²) in [6.07, 6.45) is 14.7. The third-order valence-corrected chi connectivity index (χ3v) is 6.05. The SMILES string of the molecule is CC(C)C1=CCCC(C(C)C)=C1N/C=C\NC1=C(C(C)C)C=CCC1C(C)C. The van der Waals surface area contributed by atoms with Gasteiger partial charge in [0.25, 0.3) is 0 Å². The van der Waals surface area contributed by atoms with E-state index in [0.29, 0.717) is 29.6 Å². The van der Waals surface area contributed by atoms with Gasteiger partial charge in [0, 0.05) is 29.7 Å². The molecule has 2 nitrogen and oxygen atoms in total. The maximum absolute atomic E-state index is 3.66. The first-order chi connectivity index (χ1) is 13.2. The van der Waals surface area contributed by atoms with Crippen LogP contribution in [0.4, 0.5) is 0 Å². The van der Waals surface area contributed by atoms with Crippen LogP contribution in [0.5, 0.6) is 0 Å². The Labute approximate surface area is 174 Å². The minimum atomic E-state index is 0.533. The Kier molecular flexibility index (Phi) is 8.22. The molecule has 0 saturated heterocycles. The lowest BCUT2D eigenvalue weighted by atomic mass is 9.81. The van der Waals surface area contributed by atoms with Crippen molar-refractivity contribution in [1.82, 2.24) is 10.6 Å². The van der Waals surface area contributed by atoms with Crippen molar-refractivity contribution in [3.05, 3.63) is 58.7 Å². The number of hydrogen-bond donors (Lipinski definition) is 2. The van der Waals surface area contributed by atoms with Crippen LogP contribution in [0.2, 0.25) is 0 Å². The summed E-state index contributed by atoms with van der Waals surface area (Å²) in [6.45, 7) is 18.4. The van der Waals surface area contributed by atoms with Crippen LogP contribution in [0.1, 0.15) is 74.7 Å². The molecule has 0 fully saturated rings. The standard InChI is InChI=1S/C26H42N2/c1-17(2)21-11-9-12-22(18(3)4)25(21)27-15-16-28-26-23(19(5)6)13-10-14-24(26)20(7)8/h9,11,13,15-20,22,27-28H,10,12,14H2,1-8H3/b16-15-. The highest BCUT2D eigenvalue weighted by atomic mass is 14.9. The molecule has 0 saturated carbocycles. The highest BCUT2D eigenvalue weighted by Crippen LogP contribution is 2.34. The summed E-state index contributed by atoms with van der Waals surface area (Å²) in [5.41, 5.74) is 7.20. The summed E-state index contributed by atoms with van der Waals surface area (Å²) in [5.74, 6) is 2.85. The maximum atomic E-state index is 3.66. The Morgan fingerprint density at radius 3 is 2.14 bits per heavy atom. The lowest BCUT2D eigenvalue weighted by Gasteiger charge is -2.30. The van der Waals surface area contributed by atoms with Gasteiger partial charge in [-0.1, -0.05) is 73.6 Å². The van der Waals surface area contributed by atoms with Gasteiger partial charge in [0.15, 0.2) is 0 Å². The molecule has 2 heteroatoms. The maximum Gasteiger partial charge on any atom is 0.0406 e. The zero-order chi connectivity index (χ0) is 20.8. The zero-order valence-corrected chi connectivity index (χ0v) is 19.4. The molecule has 2 N–H and O–H groups in total. The van der Waals surface area contributed by atoms with Crippen molar-refractivity contribution in [3.8, 4) is 0 Å². The Hall–Kier alpha value is -1.70. The summed E-state index contributed by atoms with van der Waals surface area (Å²) < 4.78 is 0. The number of allylic oxidation sites excluding steroid dienone is 7. The van der Waals surface area contributed by atoms with Gasteiger partial charge in [-0.05, 0) is 59.7 Å². The molecule has 0 aliphatic heterocycles. The third kappa shape index (κ3) is 5.43. The molecule has 156 valence electrons. The van der Waals surface area contributed by atoms with Crippen molar-refractivity contribution in [2.24, 2.45) is 29.6 Å². The van der Waals surface area contributed by atoms with E-state index < -0.39 is 0 Å². The van der Waals surface area contributed by atoms with Crippen molar-refractivity contribution in [1.29, 1.82) is 0 Å². The van der Waals surface area contributed by atoms with Gasteiger partial charge in [0.05, 0.1) is 0 Å². The number of hydrogen-bond acceptors (Lipinski definition) is 2. The molecule has 0 aromatic rings. The minimum Gasteiger partial charge on any atom is -0.363 e. The normalized spacial score (nSPS) is 21.0. The van der Waals surface area contributed by atoms with Crippen molar-refractivity contribution in [2.75, 3.05) is 0 Å². The molecule has 0 amide bonds. The fraction of sp³-hybridized carbons (Fsp3) is 0.615. The van der Waals surface area contributed by atoms with Gasteiger partial charge < -0.3 is 10.6 Å². The monoisotopic (exact) mass is 382 g/mol. The van der Waals surface area contributed by atoms with Crippen LogP contribution in [-0.4, -0.2) is 0 Å². The van der Waals surface area contributed by atoms with Crippen LogP contribution in [0.3, 0.4) is 0 Å². The average molecular weight is 383 g/mol. The molecule has 0 aromatic carbocycles. The molecule has 2 rings (SSSR count). The van der Waals surface area contributed by atoms with Crippen molar-refractivity contribution in [2.45, 2.75) is 74.7 Å². The van der Waals surface area contributed by atoms with Crippen LogP contribution in [0.15, 0.2) is 58.7 Å². The van der Waals surface area contributed by atoms with Crippen LogP contribution >= 0.6 is 0 Å². The largest absolute Gasteiger partial charge is 0.363 e. The van der Waals surface area contributed by atoms with E-state index >= 15 is 0 Å². The van der Waals surface area contributed by atoms with Gasteiger partial charge >= 0.3 is 0 Å². The number of rotatable bonds is 8. The fourth-order valence-electron chi connectivity index (χ4n) is 4.39. The van der Waals surface area contributed by atoms with E-state index in [2.05, 4.69) is 96.7 Å². The average Bonchev–Trinajstić information content (AvgIpc) is 2.64. The second-order valence-electron chi connectivity index (χ2n) is 9.54. The molecule has 0 spiro atoms. The third-order valence-electron chi connectivity index (χ3n) is 6.05. The van der Waals surface area contributed by atoms with Gasteiger partial charge in [-0.3, -0.25) is 0 Å². The van der Waals surface area contributed by atoms with E-state index in [1.165, 1.54) is 35.4 Å². The zero-order valence-electron chi connectivity index (χ0n) is 19.4. The molecule has 28 heavy (non-hydrogen) atoms. The quantitative estimate of drug-likeness (QED) is 0.469. The Morgan fingerprint density at radius 2 is 1.57 bits per heavy atom. The van der Waals surface area contributed by atoms with E-state index in [-0.39, 0.29) is 0 Å². The molecular formula is C26H42N2. The molecule has 0 radical (unpaired) electrons. The Bertz CT molecular complexity index is 681. The smallest absolute Gasteiger partial charge is 0.0406 e. The highest BCUT2D eigenvalue weighted by molar-refractivity contribution is 5.40. The van der Waals surface area contributed by atoms with Gasteiger partial charge in [0.1, 0.15) is 0 Å². The van der Waals surface area contributed by atoms with E-state index in [1.807, 2.05) is 0 Å². The molecule has 0 aromatic heterocycles. The summed E-state index contributed by atoms with van der Waals surface area (Å²) in [5, 5.41) is 7.30. The van der Waals surface area contributed by atoms with Gasteiger partial charge in [0.2, 0.25) is 0 Å². The summed E-state index contributed by atoms with van der Waals surface area (Å²) in [4.78, 5) is 0. The topological polar surface area (TPSA) is 24.1 Å². The Morgan fingerprint density at radius 1 is 0.893 bits per heavy atom. The first-order valence-electron chi connectivity index (χ1n) is 11.3. The lowest BCUT2D eigenvalue weighted by Crippen LogP contribution is -2.26. The van der Waals surface area contributed by atoms with Gasteiger partial charge in [-0.2, -0.15) is 0 Å². The molecule has 2 aliphatic rings. The molecule has 1 atom stereocenters. The van der Waals surface area contributed by atoms with Crippen molar-refractivity contribution in [3.63, 3.8) is 0 Å². The van der Waals surface area contributed by atoms with Crippen molar-refractivity contribution < 1.29 is 0 Å². The van der Waals surface area contributed by atoms with Gasteiger partial charge in [-0.25, -0.2) is 0 Å². The van der Waals surface area contributed by atoms with E-state index in [1.54, 1.807) is 5.57 Å².